The van der Waals surface area contributed by atoms with Crippen LogP contribution in [-0.4, -0.2) is 23.2 Å². The zero-order chi connectivity index (χ0) is 13.8. The molecular formula is C17H27NO2. The van der Waals surface area contributed by atoms with E-state index in [1.165, 1.54) is 38.5 Å². The highest BCUT2D eigenvalue weighted by Crippen LogP contribution is 2.61. The van der Waals surface area contributed by atoms with E-state index in [2.05, 4.69) is 5.32 Å². The standard InChI is InChI=1S/C17H27NO2/c19-15(18-11-17(20)2-1-3-17)10-16-7-12-4-13(8-16)6-14(5-12)9-16/h12-14,20H,1-11H2,(H,18,19). The summed E-state index contributed by atoms with van der Waals surface area (Å²) in [7, 11) is 0. The Hall–Kier alpha value is -0.570. The van der Waals surface area contributed by atoms with Gasteiger partial charge < -0.3 is 10.4 Å². The van der Waals surface area contributed by atoms with E-state index in [4.69, 9.17) is 0 Å². The van der Waals surface area contributed by atoms with Crippen molar-refractivity contribution < 1.29 is 9.90 Å². The van der Waals surface area contributed by atoms with E-state index in [-0.39, 0.29) is 5.91 Å². The van der Waals surface area contributed by atoms with Crippen LogP contribution < -0.4 is 5.32 Å². The third-order valence-corrected chi connectivity index (χ3v) is 6.60. The van der Waals surface area contributed by atoms with Gasteiger partial charge in [-0.05, 0) is 81.0 Å². The Bertz CT molecular complexity index is 378. The van der Waals surface area contributed by atoms with Crippen molar-refractivity contribution in [3.05, 3.63) is 0 Å². The Morgan fingerprint density at radius 3 is 2.05 bits per heavy atom. The van der Waals surface area contributed by atoms with E-state index in [9.17, 15) is 9.90 Å². The number of amides is 1. The van der Waals surface area contributed by atoms with E-state index in [0.29, 0.717) is 18.4 Å². The van der Waals surface area contributed by atoms with Crippen LogP contribution in [0.2, 0.25) is 0 Å². The van der Waals surface area contributed by atoms with Crippen LogP contribution in [0.5, 0.6) is 0 Å². The first-order chi connectivity index (χ1) is 9.54. The minimum absolute atomic E-state index is 0.187. The number of nitrogens with one attached hydrogen (secondary N) is 1. The van der Waals surface area contributed by atoms with Gasteiger partial charge in [-0.3, -0.25) is 4.79 Å². The first-order valence-corrected chi connectivity index (χ1v) is 8.53. The number of carbonyl (C=O) groups is 1. The second-order valence-corrected chi connectivity index (χ2v) is 8.45. The SMILES string of the molecule is O=C(CC12CC3CC(CC(C3)C1)C2)NCC1(O)CCC1. The molecule has 0 heterocycles. The minimum Gasteiger partial charge on any atom is -0.388 e. The summed E-state index contributed by atoms with van der Waals surface area (Å²) in [4.78, 5) is 12.3. The van der Waals surface area contributed by atoms with Gasteiger partial charge in [0.15, 0.2) is 0 Å². The molecule has 3 heteroatoms. The van der Waals surface area contributed by atoms with Crippen molar-refractivity contribution in [2.75, 3.05) is 6.54 Å². The van der Waals surface area contributed by atoms with Gasteiger partial charge in [-0.1, -0.05) is 0 Å². The number of carbonyl (C=O) groups excluding carboxylic acids is 1. The topological polar surface area (TPSA) is 49.3 Å². The van der Waals surface area contributed by atoms with Crippen LogP contribution in [0, 0.1) is 23.2 Å². The molecule has 0 unspecified atom stereocenters. The monoisotopic (exact) mass is 277 g/mol. The van der Waals surface area contributed by atoms with Crippen LogP contribution in [0.25, 0.3) is 0 Å². The quantitative estimate of drug-likeness (QED) is 0.830. The maximum atomic E-state index is 12.3. The summed E-state index contributed by atoms with van der Waals surface area (Å²) in [6, 6.07) is 0. The summed E-state index contributed by atoms with van der Waals surface area (Å²) >= 11 is 0. The summed E-state index contributed by atoms with van der Waals surface area (Å²) in [5.74, 6) is 2.91. The largest absolute Gasteiger partial charge is 0.388 e. The van der Waals surface area contributed by atoms with Crippen LogP contribution >= 0.6 is 0 Å². The van der Waals surface area contributed by atoms with Crippen LogP contribution in [0.4, 0.5) is 0 Å². The van der Waals surface area contributed by atoms with Gasteiger partial charge in [0.2, 0.25) is 5.91 Å². The summed E-state index contributed by atoms with van der Waals surface area (Å²) in [6.07, 6.45) is 11.7. The highest BCUT2D eigenvalue weighted by Gasteiger charge is 2.51. The third kappa shape index (κ3) is 2.28. The van der Waals surface area contributed by atoms with Crippen molar-refractivity contribution in [1.29, 1.82) is 0 Å². The molecule has 2 N–H and O–H groups in total. The molecule has 0 radical (unpaired) electrons. The highest BCUT2D eigenvalue weighted by atomic mass is 16.3. The third-order valence-electron chi connectivity index (χ3n) is 6.60. The maximum absolute atomic E-state index is 12.3. The average molecular weight is 277 g/mol. The lowest BCUT2D eigenvalue weighted by Crippen LogP contribution is -2.51. The van der Waals surface area contributed by atoms with Crippen LogP contribution in [-0.2, 0) is 4.79 Å². The normalized spacial score (nSPS) is 44.1. The van der Waals surface area contributed by atoms with Crippen molar-refractivity contribution >= 4 is 5.91 Å². The molecule has 5 saturated carbocycles. The Morgan fingerprint density at radius 1 is 1.05 bits per heavy atom. The number of hydrogen-bond donors (Lipinski definition) is 2. The second-order valence-electron chi connectivity index (χ2n) is 8.45. The van der Waals surface area contributed by atoms with E-state index in [1.54, 1.807) is 0 Å². The lowest BCUT2D eigenvalue weighted by Gasteiger charge is -2.56. The molecule has 0 aromatic carbocycles. The van der Waals surface area contributed by atoms with Crippen LogP contribution in [0.1, 0.15) is 64.2 Å². The lowest BCUT2D eigenvalue weighted by atomic mass is 9.49. The van der Waals surface area contributed by atoms with Gasteiger partial charge in [0.1, 0.15) is 0 Å². The van der Waals surface area contributed by atoms with Gasteiger partial charge in [0.25, 0.3) is 0 Å². The zero-order valence-corrected chi connectivity index (χ0v) is 12.4. The first-order valence-electron chi connectivity index (χ1n) is 8.53. The molecule has 20 heavy (non-hydrogen) atoms. The van der Waals surface area contributed by atoms with Crippen molar-refractivity contribution in [3.8, 4) is 0 Å². The van der Waals surface area contributed by atoms with Crippen LogP contribution in [0.15, 0.2) is 0 Å². The fraction of sp³-hybridized carbons (Fsp3) is 0.941. The van der Waals surface area contributed by atoms with E-state index >= 15 is 0 Å². The molecule has 5 rings (SSSR count). The van der Waals surface area contributed by atoms with E-state index < -0.39 is 5.60 Å². The number of aliphatic hydroxyl groups is 1. The molecule has 5 fully saturated rings. The molecule has 0 spiro atoms. The fourth-order valence-corrected chi connectivity index (χ4v) is 5.93. The summed E-state index contributed by atoms with van der Waals surface area (Å²) in [5.41, 5.74) is -0.266. The number of hydrogen-bond acceptors (Lipinski definition) is 2. The van der Waals surface area contributed by atoms with Crippen molar-refractivity contribution in [1.82, 2.24) is 5.32 Å². The molecule has 1 amide bonds. The molecule has 0 saturated heterocycles. The molecule has 112 valence electrons. The smallest absolute Gasteiger partial charge is 0.220 e. The molecule has 5 aliphatic carbocycles. The fourth-order valence-electron chi connectivity index (χ4n) is 5.93. The van der Waals surface area contributed by atoms with Gasteiger partial charge in [-0.15, -0.1) is 0 Å². The van der Waals surface area contributed by atoms with E-state index in [1.807, 2.05) is 0 Å². The molecule has 0 atom stereocenters. The van der Waals surface area contributed by atoms with Crippen molar-refractivity contribution in [2.45, 2.75) is 69.8 Å². The Morgan fingerprint density at radius 2 is 1.60 bits per heavy atom. The lowest BCUT2D eigenvalue weighted by molar-refractivity contribution is -0.131. The van der Waals surface area contributed by atoms with Crippen molar-refractivity contribution in [2.24, 2.45) is 23.2 Å². The summed E-state index contributed by atoms with van der Waals surface area (Å²) in [5, 5.41) is 13.1. The maximum Gasteiger partial charge on any atom is 0.220 e. The Labute approximate surface area is 121 Å². The predicted octanol–water partition coefficient (Wildman–Crippen LogP) is 2.62. The second kappa shape index (κ2) is 4.46. The van der Waals surface area contributed by atoms with Crippen molar-refractivity contribution in [3.63, 3.8) is 0 Å². The van der Waals surface area contributed by atoms with Gasteiger partial charge in [0, 0.05) is 13.0 Å². The number of rotatable bonds is 4. The molecule has 0 aromatic heterocycles. The zero-order valence-electron chi connectivity index (χ0n) is 12.4. The molecule has 4 bridgehead atoms. The van der Waals surface area contributed by atoms with Gasteiger partial charge in [0.05, 0.1) is 5.60 Å². The van der Waals surface area contributed by atoms with Gasteiger partial charge >= 0.3 is 0 Å². The molecule has 0 aromatic rings. The van der Waals surface area contributed by atoms with Crippen LogP contribution in [0.3, 0.4) is 0 Å². The Kier molecular flexibility index (Phi) is 2.93. The average Bonchev–Trinajstić information content (AvgIpc) is 2.31. The molecule has 5 aliphatic rings. The molecule has 0 aliphatic heterocycles. The predicted molar refractivity (Wildman–Crippen MR) is 77.0 cm³/mol. The van der Waals surface area contributed by atoms with Gasteiger partial charge in [-0.25, -0.2) is 0 Å². The summed E-state index contributed by atoms with van der Waals surface area (Å²) in [6.45, 7) is 0.470. The molecule has 3 nitrogen and oxygen atoms in total. The van der Waals surface area contributed by atoms with E-state index in [0.717, 1.165) is 37.0 Å². The first kappa shape index (κ1) is 13.1. The van der Waals surface area contributed by atoms with Gasteiger partial charge in [-0.2, -0.15) is 0 Å². The highest BCUT2D eigenvalue weighted by molar-refractivity contribution is 5.76. The minimum atomic E-state index is -0.586. The Balaban J connectivity index is 1.35. The molecular weight excluding hydrogens is 250 g/mol. The summed E-state index contributed by atoms with van der Waals surface area (Å²) < 4.78 is 0.